The summed E-state index contributed by atoms with van der Waals surface area (Å²) in [5.74, 6) is -0.850. The molecule has 24 heavy (non-hydrogen) atoms. The lowest BCUT2D eigenvalue weighted by Crippen LogP contribution is -2.31. The second-order valence-corrected chi connectivity index (χ2v) is 4.77. The van der Waals surface area contributed by atoms with Gasteiger partial charge in [0.05, 0.1) is 5.69 Å². The van der Waals surface area contributed by atoms with E-state index >= 15 is 0 Å². The molecule has 2 aromatic rings. The summed E-state index contributed by atoms with van der Waals surface area (Å²) in [7, 11) is 0. The van der Waals surface area contributed by atoms with Crippen molar-refractivity contribution in [2.24, 2.45) is 0 Å². The van der Waals surface area contributed by atoms with Gasteiger partial charge in [0.2, 0.25) is 0 Å². The average molecular weight is 343 g/mol. The molecule has 2 aromatic carbocycles. The van der Waals surface area contributed by atoms with Crippen molar-refractivity contribution in [3.8, 4) is 11.5 Å². The van der Waals surface area contributed by atoms with Gasteiger partial charge in [0.15, 0.2) is 6.10 Å². The minimum absolute atomic E-state index is 0.230. The molecule has 1 amide bonds. The number of halogens is 4. The Hall–Kier alpha value is -2.77. The van der Waals surface area contributed by atoms with Crippen LogP contribution in [0.25, 0.3) is 0 Å². The first-order valence-electron chi connectivity index (χ1n) is 6.82. The Balaban J connectivity index is 2.07. The lowest BCUT2D eigenvalue weighted by atomic mass is 10.3. The van der Waals surface area contributed by atoms with E-state index in [1.807, 2.05) is 0 Å². The van der Waals surface area contributed by atoms with Crippen molar-refractivity contribution < 1.29 is 31.8 Å². The van der Waals surface area contributed by atoms with E-state index in [4.69, 9.17) is 9.47 Å². The molecule has 8 heteroatoms. The molecule has 0 saturated carbocycles. The summed E-state index contributed by atoms with van der Waals surface area (Å²) in [5.41, 5.74) is -0.359. The number of nitrogens with one attached hydrogen (secondary N) is 1. The van der Waals surface area contributed by atoms with E-state index in [9.17, 15) is 22.4 Å². The van der Waals surface area contributed by atoms with Gasteiger partial charge in [-0.25, -0.2) is 9.18 Å². The van der Waals surface area contributed by atoms with Gasteiger partial charge in [-0.05, 0) is 31.2 Å². The normalized spacial score (nSPS) is 12.4. The van der Waals surface area contributed by atoms with Crippen molar-refractivity contribution in [1.29, 1.82) is 0 Å². The molecule has 0 spiro atoms. The van der Waals surface area contributed by atoms with Gasteiger partial charge in [-0.2, -0.15) is 13.2 Å². The minimum atomic E-state index is -4.56. The van der Waals surface area contributed by atoms with Crippen molar-refractivity contribution in [1.82, 2.24) is 0 Å². The van der Waals surface area contributed by atoms with Gasteiger partial charge in [-0.3, -0.25) is 5.32 Å². The van der Waals surface area contributed by atoms with Crippen LogP contribution in [-0.4, -0.2) is 18.4 Å². The number of amides is 1. The molecular formula is C16H13F4NO3. The fraction of sp³-hybridized carbons (Fsp3) is 0.188. The van der Waals surface area contributed by atoms with Crippen molar-refractivity contribution >= 4 is 11.8 Å². The van der Waals surface area contributed by atoms with Gasteiger partial charge in [0.25, 0.3) is 0 Å². The first kappa shape index (κ1) is 17.6. The van der Waals surface area contributed by atoms with Crippen LogP contribution in [0.2, 0.25) is 0 Å². The standard InChI is InChI=1S/C16H13F4NO3/c1-10(16(18,19)20)23-12-7-8-13(17)14(9-12)21-15(22)24-11-5-3-2-4-6-11/h2-10H,1H3,(H,21,22)/t10-/m0/s1. The van der Waals surface area contributed by atoms with E-state index in [-0.39, 0.29) is 17.2 Å². The molecule has 0 unspecified atom stereocenters. The number of hydrogen-bond acceptors (Lipinski definition) is 3. The maximum absolute atomic E-state index is 13.7. The number of hydrogen-bond donors (Lipinski definition) is 1. The maximum Gasteiger partial charge on any atom is 0.425 e. The summed E-state index contributed by atoms with van der Waals surface area (Å²) in [6.07, 6.45) is -7.62. The van der Waals surface area contributed by atoms with E-state index in [0.717, 1.165) is 25.1 Å². The molecule has 0 saturated heterocycles. The van der Waals surface area contributed by atoms with Gasteiger partial charge >= 0.3 is 12.3 Å². The van der Waals surface area contributed by atoms with E-state index in [0.29, 0.717) is 0 Å². The quantitative estimate of drug-likeness (QED) is 0.814. The average Bonchev–Trinajstić information content (AvgIpc) is 2.50. The molecule has 0 aliphatic heterocycles. The van der Waals surface area contributed by atoms with Crippen LogP contribution in [0.1, 0.15) is 6.92 Å². The Bertz CT molecular complexity index is 704. The van der Waals surface area contributed by atoms with Gasteiger partial charge in [0.1, 0.15) is 17.3 Å². The Morgan fingerprint density at radius 2 is 1.75 bits per heavy atom. The number of alkyl halides is 3. The Morgan fingerprint density at radius 3 is 2.38 bits per heavy atom. The molecule has 0 bridgehead atoms. The molecule has 0 aliphatic rings. The van der Waals surface area contributed by atoms with Crippen molar-refractivity contribution in [2.75, 3.05) is 5.32 Å². The zero-order chi connectivity index (χ0) is 17.7. The Morgan fingerprint density at radius 1 is 1.08 bits per heavy atom. The molecule has 128 valence electrons. The summed E-state index contributed by atoms with van der Waals surface area (Å²) in [6, 6.07) is 10.9. The van der Waals surface area contributed by atoms with Crippen LogP contribution in [-0.2, 0) is 0 Å². The van der Waals surface area contributed by atoms with Crippen LogP contribution in [0.3, 0.4) is 0 Å². The largest absolute Gasteiger partial charge is 0.481 e. The molecule has 0 fully saturated rings. The maximum atomic E-state index is 13.7. The summed E-state index contributed by atoms with van der Waals surface area (Å²) in [6.45, 7) is 0.820. The van der Waals surface area contributed by atoms with Crippen molar-refractivity contribution in [3.63, 3.8) is 0 Å². The van der Waals surface area contributed by atoms with E-state index < -0.39 is 24.2 Å². The molecule has 0 aromatic heterocycles. The SMILES string of the molecule is C[C@H](Oc1ccc(F)c(NC(=O)Oc2ccccc2)c1)C(F)(F)F. The first-order chi connectivity index (χ1) is 11.3. The summed E-state index contributed by atoms with van der Waals surface area (Å²) < 4.78 is 60.7. The van der Waals surface area contributed by atoms with Crippen LogP contribution in [0.4, 0.5) is 28.0 Å². The number of para-hydroxylation sites is 1. The highest BCUT2D eigenvalue weighted by Crippen LogP contribution is 2.27. The number of anilines is 1. The lowest BCUT2D eigenvalue weighted by Gasteiger charge is -2.18. The number of benzene rings is 2. The van der Waals surface area contributed by atoms with E-state index in [1.165, 1.54) is 12.1 Å². The molecule has 4 nitrogen and oxygen atoms in total. The highest BCUT2D eigenvalue weighted by Gasteiger charge is 2.38. The van der Waals surface area contributed by atoms with Gasteiger partial charge in [-0.1, -0.05) is 18.2 Å². The van der Waals surface area contributed by atoms with Gasteiger partial charge in [-0.15, -0.1) is 0 Å². The van der Waals surface area contributed by atoms with Crippen LogP contribution in [0.5, 0.6) is 11.5 Å². The second-order valence-electron chi connectivity index (χ2n) is 4.77. The smallest absolute Gasteiger partial charge is 0.425 e. The molecule has 2 rings (SSSR count). The van der Waals surface area contributed by atoms with Crippen molar-refractivity contribution in [2.45, 2.75) is 19.2 Å². The monoisotopic (exact) mass is 343 g/mol. The second kappa shape index (κ2) is 7.20. The van der Waals surface area contributed by atoms with Gasteiger partial charge < -0.3 is 9.47 Å². The fourth-order valence-electron chi connectivity index (χ4n) is 1.68. The zero-order valence-corrected chi connectivity index (χ0v) is 12.4. The molecule has 0 radical (unpaired) electrons. The summed E-state index contributed by atoms with van der Waals surface area (Å²) >= 11 is 0. The number of carbonyl (C=O) groups is 1. The summed E-state index contributed by atoms with van der Waals surface area (Å²) in [4.78, 5) is 11.7. The molecule has 0 aliphatic carbocycles. The molecule has 1 atom stereocenters. The third kappa shape index (κ3) is 4.87. The molecule has 1 N–H and O–H groups in total. The van der Waals surface area contributed by atoms with Crippen LogP contribution >= 0.6 is 0 Å². The lowest BCUT2D eigenvalue weighted by molar-refractivity contribution is -0.189. The highest BCUT2D eigenvalue weighted by molar-refractivity contribution is 5.86. The van der Waals surface area contributed by atoms with Crippen LogP contribution in [0, 0.1) is 5.82 Å². The predicted octanol–water partition coefficient (Wildman–Crippen LogP) is 4.77. The zero-order valence-electron chi connectivity index (χ0n) is 12.4. The number of carbonyl (C=O) groups excluding carboxylic acids is 1. The van der Waals surface area contributed by atoms with Crippen molar-refractivity contribution in [3.05, 3.63) is 54.3 Å². The van der Waals surface area contributed by atoms with E-state index in [2.05, 4.69) is 5.32 Å². The third-order valence-electron chi connectivity index (χ3n) is 2.90. The van der Waals surface area contributed by atoms with Crippen LogP contribution in [0.15, 0.2) is 48.5 Å². The number of ether oxygens (including phenoxy) is 2. The fourth-order valence-corrected chi connectivity index (χ4v) is 1.68. The topological polar surface area (TPSA) is 47.6 Å². The third-order valence-corrected chi connectivity index (χ3v) is 2.90. The minimum Gasteiger partial charge on any atom is -0.481 e. The highest BCUT2D eigenvalue weighted by atomic mass is 19.4. The molecular weight excluding hydrogens is 330 g/mol. The summed E-state index contributed by atoms with van der Waals surface area (Å²) in [5, 5.41) is 2.11. The molecule has 0 heterocycles. The van der Waals surface area contributed by atoms with Gasteiger partial charge in [0, 0.05) is 6.07 Å². The first-order valence-corrected chi connectivity index (χ1v) is 6.82. The Labute approximate surface area is 135 Å². The van der Waals surface area contributed by atoms with E-state index in [1.54, 1.807) is 18.2 Å². The predicted molar refractivity (Wildman–Crippen MR) is 78.6 cm³/mol. The van der Waals surface area contributed by atoms with Crippen LogP contribution < -0.4 is 14.8 Å². The number of rotatable bonds is 4. The Kier molecular flexibility index (Phi) is 5.28.